The predicted octanol–water partition coefficient (Wildman–Crippen LogP) is -1.17. The molecular formula is C9H18N2O4S. The lowest BCUT2D eigenvalue weighted by Crippen LogP contribution is -2.70. The van der Waals surface area contributed by atoms with Crippen molar-refractivity contribution < 1.29 is 18.3 Å². The van der Waals surface area contributed by atoms with Crippen LogP contribution in [-0.4, -0.2) is 56.2 Å². The molecule has 1 atom stereocenters. The molecule has 6 nitrogen and oxygen atoms in total. The lowest BCUT2D eigenvalue weighted by atomic mass is 9.88. The van der Waals surface area contributed by atoms with Crippen LogP contribution in [0.3, 0.4) is 0 Å². The topological polar surface area (TPSA) is 95.5 Å². The van der Waals surface area contributed by atoms with Gasteiger partial charge in [0, 0.05) is 25.4 Å². The fraction of sp³-hybridized carbons (Fsp3) is 0.889. The molecule has 1 unspecified atom stereocenters. The summed E-state index contributed by atoms with van der Waals surface area (Å²) < 4.78 is 22.2. The Bertz CT molecular complexity index is 362. The molecule has 1 rings (SSSR count). The summed E-state index contributed by atoms with van der Waals surface area (Å²) >= 11 is 0. The summed E-state index contributed by atoms with van der Waals surface area (Å²) in [6.45, 7) is 2.88. The number of hydrogen-bond acceptors (Lipinski definition) is 5. The van der Waals surface area contributed by atoms with E-state index in [1.165, 1.54) is 6.26 Å². The maximum atomic E-state index is 11.1. The minimum atomic E-state index is -3.04. The van der Waals surface area contributed by atoms with E-state index in [1.54, 1.807) is 6.92 Å². The number of carboxylic acids is 1. The minimum Gasteiger partial charge on any atom is -0.481 e. The van der Waals surface area contributed by atoms with Crippen molar-refractivity contribution in [1.29, 1.82) is 0 Å². The summed E-state index contributed by atoms with van der Waals surface area (Å²) in [5.41, 5.74) is -0.490. The summed E-state index contributed by atoms with van der Waals surface area (Å²) in [6.07, 6.45) is 1.18. The molecule has 7 heteroatoms. The Balaban J connectivity index is 2.53. The van der Waals surface area contributed by atoms with E-state index in [2.05, 4.69) is 10.6 Å². The van der Waals surface area contributed by atoms with Crippen molar-refractivity contribution in [2.75, 3.05) is 25.1 Å². The SMILES string of the molecule is CC(CS(C)(=O)=O)NC1(CC(=O)O)CNC1. The standard InChI is InChI=1S/C9H18N2O4S/c1-7(4-16(2,14)15)11-9(3-8(12)13)5-10-6-9/h7,10-11H,3-6H2,1-2H3,(H,12,13). The molecule has 0 radical (unpaired) electrons. The van der Waals surface area contributed by atoms with Crippen LogP contribution in [0.5, 0.6) is 0 Å². The molecule has 1 aliphatic heterocycles. The summed E-state index contributed by atoms with van der Waals surface area (Å²) in [4.78, 5) is 10.7. The first-order valence-corrected chi connectivity index (χ1v) is 7.16. The van der Waals surface area contributed by atoms with Gasteiger partial charge in [-0.15, -0.1) is 0 Å². The molecule has 0 aromatic heterocycles. The van der Waals surface area contributed by atoms with Crippen LogP contribution in [0.25, 0.3) is 0 Å². The van der Waals surface area contributed by atoms with Gasteiger partial charge in [0.2, 0.25) is 0 Å². The second-order valence-electron chi connectivity index (χ2n) is 4.59. The lowest BCUT2D eigenvalue weighted by molar-refractivity contribution is -0.139. The van der Waals surface area contributed by atoms with Gasteiger partial charge < -0.3 is 15.7 Å². The molecule has 0 aromatic carbocycles. The fourth-order valence-electron chi connectivity index (χ4n) is 2.01. The van der Waals surface area contributed by atoms with Gasteiger partial charge in [0.05, 0.1) is 17.7 Å². The third-order valence-electron chi connectivity index (χ3n) is 2.52. The average Bonchev–Trinajstić information content (AvgIpc) is 1.95. The van der Waals surface area contributed by atoms with Gasteiger partial charge in [0.15, 0.2) is 0 Å². The Morgan fingerprint density at radius 1 is 1.56 bits per heavy atom. The van der Waals surface area contributed by atoms with Gasteiger partial charge in [0.25, 0.3) is 0 Å². The second kappa shape index (κ2) is 4.68. The van der Waals surface area contributed by atoms with Crippen LogP contribution in [-0.2, 0) is 14.6 Å². The van der Waals surface area contributed by atoms with Gasteiger partial charge in [0.1, 0.15) is 9.84 Å². The van der Waals surface area contributed by atoms with Crippen LogP contribution < -0.4 is 10.6 Å². The molecule has 1 aliphatic rings. The predicted molar refractivity (Wildman–Crippen MR) is 60.2 cm³/mol. The number of nitrogens with one attached hydrogen (secondary N) is 2. The van der Waals surface area contributed by atoms with Crippen molar-refractivity contribution in [3.63, 3.8) is 0 Å². The average molecular weight is 250 g/mol. The van der Waals surface area contributed by atoms with Crippen LogP contribution in [0.1, 0.15) is 13.3 Å². The van der Waals surface area contributed by atoms with Gasteiger partial charge >= 0.3 is 5.97 Å². The molecular weight excluding hydrogens is 232 g/mol. The zero-order valence-corrected chi connectivity index (χ0v) is 10.3. The molecule has 3 N–H and O–H groups in total. The van der Waals surface area contributed by atoms with Crippen molar-refractivity contribution >= 4 is 15.8 Å². The molecule has 1 fully saturated rings. The fourth-order valence-corrected chi connectivity index (χ4v) is 3.00. The molecule has 1 saturated heterocycles. The van der Waals surface area contributed by atoms with E-state index in [0.29, 0.717) is 13.1 Å². The van der Waals surface area contributed by atoms with Crippen LogP contribution in [0.4, 0.5) is 0 Å². The molecule has 0 aromatic rings. The van der Waals surface area contributed by atoms with E-state index >= 15 is 0 Å². The van der Waals surface area contributed by atoms with Crippen molar-refractivity contribution in [1.82, 2.24) is 10.6 Å². The number of aliphatic carboxylic acids is 1. The van der Waals surface area contributed by atoms with Gasteiger partial charge in [-0.25, -0.2) is 8.42 Å². The first kappa shape index (κ1) is 13.4. The van der Waals surface area contributed by atoms with Gasteiger partial charge in [-0.1, -0.05) is 0 Å². The third-order valence-corrected chi connectivity index (χ3v) is 3.63. The zero-order valence-electron chi connectivity index (χ0n) is 9.49. The number of rotatable bonds is 6. The first-order chi connectivity index (χ1) is 7.22. The van der Waals surface area contributed by atoms with E-state index in [4.69, 9.17) is 5.11 Å². The smallest absolute Gasteiger partial charge is 0.305 e. The Hall–Kier alpha value is -0.660. The van der Waals surface area contributed by atoms with Crippen LogP contribution >= 0.6 is 0 Å². The normalized spacial score (nSPS) is 21.1. The number of carbonyl (C=O) groups is 1. The Morgan fingerprint density at radius 3 is 2.44 bits per heavy atom. The van der Waals surface area contributed by atoms with Gasteiger partial charge in [-0.2, -0.15) is 0 Å². The monoisotopic (exact) mass is 250 g/mol. The zero-order chi connectivity index (χ0) is 12.4. The van der Waals surface area contributed by atoms with Crippen molar-refractivity contribution in [3.8, 4) is 0 Å². The van der Waals surface area contributed by atoms with Crippen molar-refractivity contribution in [2.45, 2.75) is 24.9 Å². The Morgan fingerprint density at radius 2 is 2.12 bits per heavy atom. The van der Waals surface area contributed by atoms with E-state index in [9.17, 15) is 13.2 Å². The van der Waals surface area contributed by atoms with Crippen LogP contribution in [0.15, 0.2) is 0 Å². The number of carboxylic acid groups (broad SMARTS) is 1. The first-order valence-electron chi connectivity index (χ1n) is 5.10. The van der Waals surface area contributed by atoms with E-state index < -0.39 is 21.3 Å². The highest BCUT2D eigenvalue weighted by molar-refractivity contribution is 7.90. The van der Waals surface area contributed by atoms with Gasteiger partial charge in [-0.05, 0) is 6.92 Å². The summed E-state index contributed by atoms with van der Waals surface area (Å²) in [5.74, 6) is -0.852. The summed E-state index contributed by atoms with van der Waals surface area (Å²) in [7, 11) is -3.04. The number of sulfone groups is 1. The van der Waals surface area contributed by atoms with Gasteiger partial charge in [-0.3, -0.25) is 4.79 Å². The molecule has 1 heterocycles. The van der Waals surface area contributed by atoms with Crippen molar-refractivity contribution in [3.05, 3.63) is 0 Å². The maximum absolute atomic E-state index is 11.1. The Kier molecular flexibility index (Phi) is 3.92. The molecule has 0 saturated carbocycles. The molecule has 16 heavy (non-hydrogen) atoms. The highest BCUT2D eigenvalue weighted by atomic mass is 32.2. The largest absolute Gasteiger partial charge is 0.481 e. The quantitative estimate of drug-likeness (QED) is 0.549. The maximum Gasteiger partial charge on any atom is 0.305 e. The number of hydrogen-bond donors (Lipinski definition) is 3. The minimum absolute atomic E-state index is 0.00804. The van der Waals surface area contributed by atoms with Crippen LogP contribution in [0, 0.1) is 0 Å². The van der Waals surface area contributed by atoms with E-state index in [0.717, 1.165) is 0 Å². The van der Waals surface area contributed by atoms with Crippen LogP contribution in [0.2, 0.25) is 0 Å². The molecule has 94 valence electrons. The van der Waals surface area contributed by atoms with E-state index in [1.807, 2.05) is 0 Å². The van der Waals surface area contributed by atoms with Crippen molar-refractivity contribution in [2.24, 2.45) is 0 Å². The molecule has 0 spiro atoms. The molecule has 0 amide bonds. The summed E-state index contributed by atoms with van der Waals surface area (Å²) in [6, 6.07) is -0.239. The summed E-state index contributed by atoms with van der Waals surface area (Å²) in [5, 5.41) is 14.9. The third kappa shape index (κ3) is 4.07. The lowest BCUT2D eigenvalue weighted by Gasteiger charge is -2.44. The molecule has 0 bridgehead atoms. The van der Waals surface area contributed by atoms with E-state index in [-0.39, 0.29) is 18.2 Å². The highest BCUT2D eigenvalue weighted by Crippen LogP contribution is 2.17. The Labute approximate surface area is 95.3 Å². The second-order valence-corrected chi connectivity index (χ2v) is 6.78. The molecule has 0 aliphatic carbocycles. The highest BCUT2D eigenvalue weighted by Gasteiger charge is 2.40.